The van der Waals surface area contributed by atoms with Crippen LogP contribution in [-0.2, 0) is 0 Å². The summed E-state index contributed by atoms with van der Waals surface area (Å²) in [5, 5.41) is 4.09. The number of likely N-dealkylation sites (tertiary alicyclic amines) is 1. The molecule has 1 N–H and O–H groups in total. The molecule has 3 aromatic rings. The summed E-state index contributed by atoms with van der Waals surface area (Å²) < 4.78 is 0. The summed E-state index contributed by atoms with van der Waals surface area (Å²) in [4.78, 5) is 29.2. The van der Waals surface area contributed by atoms with Crippen molar-refractivity contribution < 1.29 is 4.79 Å². The van der Waals surface area contributed by atoms with Crippen LogP contribution < -0.4 is 5.32 Å². The number of rotatable bonds is 4. The summed E-state index contributed by atoms with van der Waals surface area (Å²) in [6, 6.07) is 11.4. The van der Waals surface area contributed by atoms with Crippen LogP contribution in [0.4, 0.5) is 10.9 Å². The van der Waals surface area contributed by atoms with Crippen LogP contribution in [0.15, 0.2) is 42.6 Å². The maximum absolute atomic E-state index is 12.7. The van der Waals surface area contributed by atoms with Crippen LogP contribution in [0.25, 0.3) is 0 Å². The third-order valence-electron chi connectivity index (χ3n) is 4.63. The molecular formula is C20H21N5OS. The van der Waals surface area contributed by atoms with Gasteiger partial charge in [0.1, 0.15) is 11.6 Å². The summed E-state index contributed by atoms with van der Waals surface area (Å²) in [7, 11) is 0. The molecule has 3 heterocycles. The Morgan fingerprint density at radius 2 is 2.04 bits per heavy atom. The molecule has 0 saturated carbocycles. The molecule has 1 saturated heterocycles. The van der Waals surface area contributed by atoms with Gasteiger partial charge in [0.15, 0.2) is 5.13 Å². The Morgan fingerprint density at radius 3 is 2.78 bits per heavy atom. The number of nitrogens with zero attached hydrogens (tertiary/aromatic N) is 4. The van der Waals surface area contributed by atoms with E-state index in [0.29, 0.717) is 6.54 Å². The molecule has 1 aliphatic heterocycles. The van der Waals surface area contributed by atoms with E-state index in [1.165, 1.54) is 0 Å². The molecule has 1 atom stereocenters. The second-order valence-electron chi connectivity index (χ2n) is 6.73. The average Bonchev–Trinajstić information content (AvgIpc) is 3.31. The Bertz CT molecular complexity index is 956. The van der Waals surface area contributed by atoms with Gasteiger partial charge in [0, 0.05) is 41.7 Å². The van der Waals surface area contributed by atoms with Crippen molar-refractivity contribution in [1.82, 2.24) is 19.9 Å². The second-order valence-corrected chi connectivity index (χ2v) is 7.96. The highest BCUT2D eigenvalue weighted by atomic mass is 32.1. The molecule has 0 aliphatic carbocycles. The lowest BCUT2D eigenvalue weighted by Gasteiger charge is -2.17. The molecule has 6 nitrogen and oxygen atoms in total. The molecule has 1 amide bonds. The first-order valence-corrected chi connectivity index (χ1v) is 9.79. The fourth-order valence-electron chi connectivity index (χ4n) is 3.34. The number of amides is 1. The van der Waals surface area contributed by atoms with Crippen LogP contribution >= 0.6 is 11.3 Å². The van der Waals surface area contributed by atoms with Crippen LogP contribution in [0.1, 0.15) is 39.1 Å². The minimum atomic E-state index is 0.0838. The standard InChI is InChI=1S/C20H21N5OS/c1-13-11-21-20(27-13)24-18-10-17(22-14(2)23-18)16-8-9-25(12-16)19(26)15-6-4-3-5-7-15/h3-7,10-11,16H,8-9,12H2,1-2H3,(H,21,22,23,24). The van der Waals surface area contributed by atoms with Gasteiger partial charge in [-0.1, -0.05) is 18.2 Å². The van der Waals surface area contributed by atoms with E-state index in [0.717, 1.165) is 45.9 Å². The molecule has 2 aromatic heterocycles. The normalized spacial score (nSPS) is 16.5. The van der Waals surface area contributed by atoms with Crippen molar-refractivity contribution in [3.8, 4) is 0 Å². The second kappa shape index (κ2) is 7.44. The van der Waals surface area contributed by atoms with Crippen LogP contribution in [-0.4, -0.2) is 38.8 Å². The third kappa shape index (κ3) is 3.98. The minimum absolute atomic E-state index is 0.0838. The zero-order chi connectivity index (χ0) is 18.8. The predicted octanol–water partition coefficient (Wildman–Crippen LogP) is 3.92. The Kier molecular flexibility index (Phi) is 4.85. The van der Waals surface area contributed by atoms with Gasteiger partial charge in [-0.15, -0.1) is 11.3 Å². The minimum Gasteiger partial charge on any atom is -0.338 e. The van der Waals surface area contributed by atoms with E-state index in [4.69, 9.17) is 0 Å². The Hall–Kier alpha value is -2.80. The predicted molar refractivity (Wildman–Crippen MR) is 107 cm³/mol. The van der Waals surface area contributed by atoms with Crippen molar-refractivity contribution in [3.63, 3.8) is 0 Å². The average molecular weight is 379 g/mol. The van der Waals surface area contributed by atoms with E-state index in [-0.39, 0.29) is 11.8 Å². The highest BCUT2D eigenvalue weighted by molar-refractivity contribution is 7.15. The van der Waals surface area contributed by atoms with E-state index < -0.39 is 0 Å². The summed E-state index contributed by atoms with van der Waals surface area (Å²) in [5.74, 6) is 1.77. The lowest BCUT2D eigenvalue weighted by atomic mass is 10.0. The summed E-state index contributed by atoms with van der Waals surface area (Å²) >= 11 is 1.59. The first-order chi connectivity index (χ1) is 13.1. The van der Waals surface area contributed by atoms with Crippen LogP contribution in [0.5, 0.6) is 0 Å². The van der Waals surface area contributed by atoms with Crippen LogP contribution in [0.2, 0.25) is 0 Å². The van der Waals surface area contributed by atoms with E-state index in [2.05, 4.69) is 20.3 Å². The first kappa shape index (κ1) is 17.6. The van der Waals surface area contributed by atoms with Crippen molar-refractivity contribution in [3.05, 3.63) is 64.6 Å². The largest absolute Gasteiger partial charge is 0.338 e. The summed E-state index contributed by atoms with van der Waals surface area (Å²) in [5.41, 5.74) is 1.71. The molecule has 1 aromatic carbocycles. The van der Waals surface area contributed by atoms with E-state index >= 15 is 0 Å². The van der Waals surface area contributed by atoms with E-state index in [9.17, 15) is 4.79 Å². The lowest BCUT2D eigenvalue weighted by molar-refractivity contribution is 0.0790. The highest BCUT2D eigenvalue weighted by Crippen LogP contribution is 2.29. The molecule has 1 aliphatic rings. The van der Waals surface area contributed by atoms with Gasteiger partial charge in [0.25, 0.3) is 5.91 Å². The maximum Gasteiger partial charge on any atom is 0.253 e. The number of aromatic nitrogens is 3. The highest BCUT2D eigenvalue weighted by Gasteiger charge is 2.29. The van der Waals surface area contributed by atoms with Crippen molar-refractivity contribution >= 4 is 28.2 Å². The SMILES string of the molecule is Cc1nc(Nc2ncc(C)s2)cc(C2CCN(C(=O)c3ccccc3)C2)n1. The topological polar surface area (TPSA) is 71.0 Å². The molecule has 0 bridgehead atoms. The number of thiazole rings is 1. The number of aryl methyl sites for hydroxylation is 2. The van der Waals surface area contributed by atoms with Crippen LogP contribution in [0.3, 0.4) is 0 Å². The monoisotopic (exact) mass is 379 g/mol. The van der Waals surface area contributed by atoms with Crippen molar-refractivity contribution in [2.45, 2.75) is 26.2 Å². The van der Waals surface area contributed by atoms with Gasteiger partial charge in [0.05, 0.1) is 5.69 Å². The van der Waals surface area contributed by atoms with E-state index in [1.54, 1.807) is 11.3 Å². The molecule has 4 rings (SSSR count). The van der Waals surface area contributed by atoms with Crippen molar-refractivity contribution in [2.75, 3.05) is 18.4 Å². The van der Waals surface area contributed by atoms with Crippen molar-refractivity contribution in [2.24, 2.45) is 0 Å². The molecule has 7 heteroatoms. The lowest BCUT2D eigenvalue weighted by Crippen LogP contribution is -2.28. The first-order valence-electron chi connectivity index (χ1n) is 8.98. The van der Waals surface area contributed by atoms with E-state index in [1.807, 2.05) is 61.3 Å². The van der Waals surface area contributed by atoms with Gasteiger partial charge < -0.3 is 10.2 Å². The van der Waals surface area contributed by atoms with Gasteiger partial charge in [-0.05, 0) is 32.4 Å². The number of nitrogens with one attached hydrogen (secondary N) is 1. The summed E-state index contributed by atoms with van der Waals surface area (Å²) in [6.45, 7) is 5.34. The van der Waals surface area contributed by atoms with Gasteiger partial charge in [-0.3, -0.25) is 4.79 Å². The Balaban J connectivity index is 1.49. The molecule has 1 unspecified atom stereocenters. The van der Waals surface area contributed by atoms with Gasteiger partial charge in [-0.25, -0.2) is 15.0 Å². The van der Waals surface area contributed by atoms with Gasteiger partial charge >= 0.3 is 0 Å². The number of hydrogen-bond donors (Lipinski definition) is 1. The number of hydrogen-bond acceptors (Lipinski definition) is 6. The number of anilines is 2. The van der Waals surface area contributed by atoms with Crippen molar-refractivity contribution in [1.29, 1.82) is 0 Å². The number of carbonyl (C=O) groups is 1. The molecule has 138 valence electrons. The van der Waals surface area contributed by atoms with Gasteiger partial charge in [-0.2, -0.15) is 0 Å². The Morgan fingerprint density at radius 1 is 1.22 bits per heavy atom. The number of benzene rings is 1. The quantitative estimate of drug-likeness (QED) is 0.744. The summed E-state index contributed by atoms with van der Waals surface area (Å²) in [6.07, 6.45) is 2.75. The third-order valence-corrected chi connectivity index (χ3v) is 5.46. The zero-order valence-electron chi connectivity index (χ0n) is 15.3. The van der Waals surface area contributed by atoms with Crippen LogP contribution in [0, 0.1) is 13.8 Å². The fourth-order valence-corrected chi connectivity index (χ4v) is 4.01. The smallest absolute Gasteiger partial charge is 0.253 e. The van der Waals surface area contributed by atoms with Gasteiger partial charge in [0.2, 0.25) is 0 Å². The molecular weight excluding hydrogens is 358 g/mol. The molecule has 0 radical (unpaired) electrons. The maximum atomic E-state index is 12.7. The zero-order valence-corrected chi connectivity index (χ0v) is 16.2. The number of carbonyl (C=O) groups excluding carboxylic acids is 1. The molecule has 0 spiro atoms. The fraction of sp³-hybridized carbons (Fsp3) is 0.300. The molecule has 1 fully saturated rings. The Labute approximate surface area is 162 Å². The molecule has 27 heavy (non-hydrogen) atoms.